The molecule has 1 aliphatic heterocycles. The van der Waals surface area contributed by atoms with Crippen molar-refractivity contribution < 1.29 is 31.1 Å². The fourth-order valence-electron chi connectivity index (χ4n) is 3.82. The number of benzene rings is 2. The summed E-state index contributed by atoms with van der Waals surface area (Å²) in [4.78, 5) is 11.5. The van der Waals surface area contributed by atoms with Gasteiger partial charge in [-0.15, -0.1) is 11.3 Å². The van der Waals surface area contributed by atoms with Crippen LogP contribution in [0.5, 0.6) is 5.75 Å². The van der Waals surface area contributed by atoms with Crippen LogP contribution in [-0.2, 0) is 16.2 Å². The Morgan fingerprint density at radius 3 is 2.44 bits per heavy atom. The molecule has 1 aromatic heterocycles. The number of ether oxygens (including phenoxy) is 1. The summed E-state index contributed by atoms with van der Waals surface area (Å²) in [5.41, 5.74) is -0.353. The molecule has 0 saturated carbocycles. The van der Waals surface area contributed by atoms with Crippen LogP contribution in [0.4, 0.5) is 18.9 Å². The lowest BCUT2D eigenvalue weighted by molar-refractivity contribution is -0.139. The zero-order valence-electron chi connectivity index (χ0n) is 19.2. The van der Waals surface area contributed by atoms with Crippen LogP contribution in [0.3, 0.4) is 0 Å². The number of ketones is 1. The second-order valence-electron chi connectivity index (χ2n) is 8.68. The molecule has 2 aromatic carbocycles. The molecule has 0 unspecified atom stereocenters. The standard InChI is InChI=1S/C24H22ClF3N2O4S2/c1-14(31)15-3-5-16(6-4-15)18-12-21(35-22(18)25)36(32,33)30-17-7-8-19(24(26,27)28)20(11-17)34-23(2)9-10-29-13-23/h3-8,11-12,29-30H,9-10,13H2,1-2H3/t23-/m1/s1. The topological polar surface area (TPSA) is 84.5 Å². The van der Waals surface area contributed by atoms with Gasteiger partial charge in [-0.2, -0.15) is 13.2 Å². The first-order valence-corrected chi connectivity index (χ1v) is 13.5. The van der Waals surface area contributed by atoms with Crippen LogP contribution in [-0.4, -0.2) is 32.9 Å². The molecule has 1 atom stereocenters. The van der Waals surface area contributed by atoms with E-state index in [1.54, 1.807) is 31.2 Å². The fourth-order valence-corrected chi connectivity index (χ4v) is 6.63. The van der Waals surface area contributed by atoms with Crippen molar-refractivity contribution in [3.63, 3.8) is 0 Å². The van der Waals surface area contributed by atoms with Crippen molar-refractivity contribution in [3.8, 4) is 16.9 Å². The Kier molecular flexibility index (Phi) is 7.13. The normalized spacial score (nSPS) is 18.3. The third-order valence-electron chi connectivity index (χ3n) is 5.76. The molecule has 6 nitrogen and oxygen atoms in total. The Hall–Kier alpha value is -2.60. The van der Waals surface area contributed by atoms with Gasteiger partial charge in [0.1, 0.15) is 19.9 Å². The highest BCUT2D eigenvalue weighted by molar-refractivity contribution is 7.94. The van der Waals surface area contributed by atoms with Crippen LogP contribution >= 0.6 is 22.9 Å². The smallest absolute Gasteiger partial charge is 0.419 e. The Balaban J connectivity index is 1.63. The average Bonchev–Trinajstić information content (AvgIpc) is 3.39. The average molecular weight is 559 g/mol. The number of anilines is 1. The number of carbonyl (C=O) groups is 1. The monoisotopic (exact) mass is 558 g/mol. The van der Waals surface area contributed by atoms with Gasteiger partial charge in [0.2, 0.25) is 0 Å². The first kappa shape index (κ1) is 26.5. The number of rotatable bonds is 7. The van der Waals surface area contributed by atoms with Gasteiger partial charge in [-0.25, -0.2) is 8.42 Å². The highest BCUT2D eigenvalue weighted by Gasteiger charge is 2.38. The van der Waals surface area contributed by atoms with E-state index in [4.69, 9.17) is 16.3 Å². The number of Topliss-reactive ketones (excluding diaryl/α,β-unsaturated/α-hetero) is 1. The van der Waals surface area contributed by atoms with E-state index in [0.717, 1.165) is 29.5 Å². The maximum Gasteiger partial charge on any atom is 0.419 e. The minimum absolute atomic E-state index is 0.0792. The summed E-state index contributed by atoms with van der Waals surface area (Å²) in [5, 5.41) is 3.05. The molecule has 0 aliphatic carbocycles. The number of hydrogen-bond donors (Lipinski definition) is 2. The highest BCUT2D eigenvalue weighted by Crippen LogP contribution is 2.41. The van der Waals surface area contributed by atoms with E-state index in [2.05, 4.69) is 10.0 Å². The first-order valence-electron chi connectivity index (χ1n) is 10.8. The largest absolute Gasteiger partial charge is 0.485 e. The van der Waals surface area contributed by atoms with Crippen LogP contribution in [0.2, 0.25) is 4.34 Å². The molecule has 36 heavy (non-hydrogen) atoms. The minimum atomic E-state index is -4.68. The second-order valence-corrected chi connectivity index (χ2v) is 12.2. The van der Waals surface area contributed by atoms with Gasteiger partial charge in [0, 0.05) is 30.2 Å². The first-order chi connectivity index (χ1) is 16.8. The molecule has 0 radical (unpaired) electrons. The minimum Gasteiger partial charge on any atom is -0.485 e. The predicted molar refractivity (Wildman–Crippen MR) is 134 cm³/mol. The lowest BCUT2D eigenvalue weighted by Gasteiger charge is -2.27. The van der Waals surface area contributed by atoms with Crippen molar-refractivity contribution in [1.82, 2.24) is 5.32 Å². The zero-order chi connectivity index (χ0) is 26.3. The van der Waals surface area contributed by atoms with Gasteiger partial charge in [0.25, 0.3) is 10.0 Å². The van der Waals surface area contributed by atoms with Crippen molar-refractivity contribution in [1.29, 1.82) is 0 Å². The molecule has 0 amide bonds. The van der Waals surface area contributed by atoms with Crippen LogP contribution in [0.25, 0.3) is 11.1 Å². The summed E-state index contributed by atoms with van der Waals surface area (Å²) in [6, 6.07) is 10.8. The van der Waals surface area contributed by atoms with Gasteiger partial charge < -0.3 is 10.1 Å². The molecule has 0 bridgehead atoms. The van der Waals surface area contributed by atoms with Gasteiger partial charge in [-0.3, -0.25) is 9.52 Å². The maximum absolute atomic E-state index is 13.6. The predicted octanol–water partition coefficient (Wildman–Crippen LogP) is 6.22. The third kappa shape index (κ3) is 5.69. The van der Waals surface area contributed by atoms with Gasteiger partial charge in [0.15, 0.2) is 5.78 Å². The van der Waals surface area contributed by atoms with E-state index in [9.17, 15) is 26.4 Å². The van der Waals surface area contributed by atoms with Gasteiger partial charge in [-0.1, -0.05) is 35.9 Å². The number of nitrogens with one attached hydrogen (secondary N) is 2. The second kappa shape index (κ2) is 9.70. The Bertz CT molecular complexity index is 1400. The fraction of sp³-hybridized carbons (Fsp3) is 0.292. The van der Waals surface area contributed by atoms with Crippen molar-refractivity contribution >= 4 is 44.4 Å². The number of sulfonamides is 1. The number of halogens is 4. The summed E-state index contributed by atoms with van der Waals surface area (Å²) in [5.74, 6) is -0.562. The van der Waals surface area contributed by atoms with E-state index >= 15 is 0 Å². The Labute approximate surface area is 215 Å². The highest BCUT2D eigenvalue weighted by atomic mass is 35.5. The Morgan fingerprint density at radius 1 is 1.17 bits per heavy atom. The molecule has 12 heteroatoms. The summed E-state index contributed by atoms with van der Waals surface area (Å²) >= 11 is 7.12. The zero-order valence-corrected chi connectivity index (χ0v) is 21.6. The quantitative estimate of drug-likeness (QED) is 0.336. The molecule has 1 aliphatic rings. The van der Waals surface area contributed by atoms with Crippen molar-refractivity contribution in [2.75, 3.05) is 17.8 Å². The molecular formula is C24H22ClF3N2O4S2. The van der Waals surface area contributed by atoms with E-state index < -0.39 is 33.1 Å². The van der Waals surface area contributed by atoms with Gasteiger partial charge in [0.05, 0.1) is 11.3 Å². The number of thiophene rings is 1. The van der Waals surface area contributed by atoms with E-state index in [-0.39, 0.29) is 20.0 Å². The van der Waals surface area contributed by atoms with E-state index in [1.807, 2.05) is 0 Å². The van der Waals surface area contributed by atoms with Gasteiger partial charge in [-0.05, 0) is 44.2 Å². The molecular weight excluding hydrogens is 537 g/mol. The van der Waals surface area contributed by atoms with E-state index in [1.165, 1.54) is 13.0 Å². The number of carbonyl (C=O) groups excluding carboxylic acids is 1. The Morgan fingerprint density at radius 2 is 1.86 bits per heavy atom. The lowest BCUT2D eigenvalue weighted by atomic mass is 10.1. The lowest BCUT2D eigenvalue weighted by Crippen LogP contribution is -2.35. The molecule has 1 fully saturated rings. The maximum atomic E-state index is 13.6. The van der Waals surface area contributed by atoms with Crippen LogP contribution in [0, 0.1) is 0 Å². The third-order valence-corrected chi connectivity index (χ3v) is 8.97. The van der Waals surface area contributed by atoms with Crippen molar-refractivity contribution in [2.24, 2.45) is 0 Å². The molecule has 3 aromatic rings. The van der Waals surface area contributed by atoms with Gasteiger partial charge >= 0.3 is 6.18 Å². The van der Waals surface area contributed by atoms with Crippen LogP contribution in [0.1, 0.15) is 36.2 Å². The van der Waals surface area contributed by atoms with E-state index in [0.29, 0.717) is 36.2 Å². The van der Waals surface area contributed by atoms with Crippen molar-refractivity contribution in [3.05, 3.63) is 64.0 Å². The van der Waals surface area contributed by atoms with Crippen molar-refractivity contribution in [2.45, 2.75) is 36.3 Å². The molecule has 192 valence electrons. The summed E-state index contributed by atoms with van der Waals surface area (Å²) in [6.07, 6.45) is -4.17. The molecule has 1 saturated heterocycles. The summed E-state index contributed by atoms with van der Waals surface area (Å²) in [7, 11) is -4.17. The van der Waals surface area contributed by atoms with Crippen LogP contribution in [0.15, 0.2) is 52.7 Å². The summed E-state index contributed by atoms with van der Waals surface area (Å²) in [6.45, 7) is 4.10. The SMILES string of the molecule is CC(=O)c1ccc(-c2cc(S(=O)(=O)Nc3ccc(C(F)(F)F)c(O[C@]4(C)CCNC4)c3)sc2Cl)cc1. The molecule has 4 rings (SSSR count). The molecule has 0 spiro atoms. The number of hydrogen-bond acceptors (Lipinski definition) is 6. The number of alkyl halides is 3. The van der Waals surface area contributed by atoms with Crippen LogP contribution < -0.4 is 14.8 Å². The summed E-state index contributed by atoms with van der Waals surface area (Å²) < 4.78 is 75.1. The molecule has 2 N–H and O–H groups in total. The molecule has 2 heterocycles.